The zero-order chi connectivity index (χ0) is 26.8. The van der Waals surface area contributed by atoms with Gasteiger partial charge in [0.05, 0.1) is 45.1 Å². The third-order valence-electron chi connectivity index (χ3n) is 7.03. The summed E-state index contributed by atoms with van der Waals surface area (Å²) in [7, 11) is 1.53. The summed E-state index contributed by atoms with van der Waals surface area (Å²) in [5.41, 5.74) is 4.44. The molecule has 2 saturated heterocycles. The molecule has 4 aliphatic rings. The number of anilines is 1. The predicted molar refractivity (Wildman–Crippen MR) is 130 cm³/mol. The highest BCUT2D eigenvalue weighted by molar-refractivity contribution is 7.22. The van der Waals surface area contributed by atoms with E-state index in [1.54, 1.807) is 13.0 Å². The first-order valence-electron chi connectivity index (χ1n) is 11.1. The number of aliphatic hydroxyl groups is 1. The van der Waals surface area contributed by atoms with Crippen LogP contribution in [0.5, 0.6) is 0 Å². The van der Waals surface area contributed by atoms with E-state index in [0.29, 0.717) is 27.6 Å². The molecule has 4 heterocycles. The number of nitro groups is 1. The Kier molecular flexibility index (Phi) is 5.74. The highest BCUT2D eigenvalue weighted by atomic mass is 32.1. The van der Waals surface area contributed by atoms with Crippen LogP contribution in [0.15, 0.2) is 40.7 Å². The smallest absolute Gasteiger partial charge is 0.402 e. The van der Waals surface area contributed by atoms with E-state index in [1.165, 1.54) is 19.2 Å². The molecule has 2 aromatic rings. The molecule has 15 heteroatoms. The average molecular weight is 531 g/mol. The number of carbonyl (C=O) groups excluding carboxylic acids is 2. The van der Waals surface area contributed by atoms with E-state index in [-0.39, 0.29) is 52.8 Å². The number of Topliss-reactive ketones (excluding diaryl/α,β-unsaturated/α-hetero) is 2. The molecule has 6 rings (SSSR count). The number of ether oxygens (including phenoxy) is 1. The number of fused-ring (bicyclic) bond motifs is 5. The Morgan fingerprint density at radius 2 is 2.14 bits per heavy atom. The lowest BCUT2D eigenvalue weighted by molar-refractivity contribution is -0.384. The first-order chi connectivity index (χ1) is 17.5. The van der Waals surface area contributed by atoms with Gasteiger partial charge in [0.25, 0.3) is 5.69 Å². The molecular formula is C22H22N6O8S. The molecule has 0 spiro atoms. The molecule has 2 fully saturated rings. The number of primary amides is 1. The number of nitrogens with zero attached hydrogens (tertiary/aromatic N) is 3. The lowest BCUT2D eigenvalue weighted by atomic mass is 9.82. The van der Waals surface area contributed by atoms with Crippen molar-refractivity contribution in [3.8, 4) is 0 Å². The van der Waals surface area contributed by atoms with E-state index in [2.05, 4.69) is 21.4 Å². The number of methoxy groups -OCH3 is 1. The van der Waals surface area contributed by atoms with Gasteiger partial charge in [-0.05, 0) is 13.0 Å². The minimum absolute atomic E-state index is 0.0546. The summed E-state index contributed by atoms with van der Waals surface area (Å²) in [4.78, 5) is 52.7. The van der Waals surface area contributed by atoms with Crippen LogP contribution >= 0.6 is 11.3 Å². The van der Waals surface area contributed by atoms with Gasteiger partial charge in [0.15, 0.2) is 10.9 Å². The van der Waals surface area contributed by atoms with Gasteiger partial charge in [-0.25, -0.2) is 9.78 Å². The van der Waals surface area contributed by atoms with Crippen molar-refractivity contribution in [3.05, 3.63) is 50.9 Å². The van der Waals surface area contributed by atoms with Crippen LogP contribution in [0.1, 0.15) is 6.92 Å². The molecule has 4 unspecified atom stereocenters. The molecule has 14 nitrogen and oxygen atoms in total. The summed E-state index contributed by atoms with van der Waals surface area (Å²) in [5.74, 6) is -1.35. The summed E-state index contributed by atoms with van der Waals surface area (Å²) in [6.45, 7) is 1.77. The minimum Gasteiger partial charge on any atom is -0.465 e. The Hall–Kier alpha value is -3.92. The number of aromatic nitrogens is 1. The molecule has 4 atom stereocenters. The number of hydrogen-bond donors (Lipinski definition) is 5. The number of carboxylic acid groups (broad SMARTS) is 1. The number of piperazine rings is 1. The number of nitrogens with one attached hydrogen (secondary N) is 2. The van der Waals surface area contributed by atoms with Gasteiger partial charge in [-0.2, -0.15) is 0 Å². The number of allylic oxidation sites excluding steroid dienone is 2. The number of rotatable bonds is 5. The average Bonchev–Trinajstić information content (AvgIpc) is 3.25. The van der Waals surface area contributed by atoms with Crippen molar-refractivity contribution in [1.29, 1.82) is 0 Å². The maximum absolute atomic E-state index is 13.6. The molecule has 0 radical (unpaired) electrons. The molecular weight excluding hydrogens is 508 g/mol. The van der Waals surface area contributed by atoms with Gasteiger partial charge >= 0.3 is 6.09 Å². The molecule has 3 aliphatic heterocycles. The minimum atomic E-state index is -1.33. The van der Waals surface area contributed by atoms with Crippen LogP contribution < -0.4 is 16.4 Å². The number of nitro benzene ring substituents is 1. The fourth-order valence-corrected chi connectivity index (χ4v) is 6.39. The summed E-state index contributed by atoms with van der Waals surface area (Å²) in [5, 5.41) is 35.1. The molecule has 0 saturated carbocycles. The fraction of sp³-hybridized carbons (Fsp3) is 0.364. The van der Waals surface area contributed by atoms with Crippen LogP contribution in [0.3, 0.4) is 0 Å². The van der Waals surface area contributed by atoms with Crippen LogP contribution in [0.2, 0.25) is 0 Å². The zero-order valence-corrected chi connectivity index (χ0v) is 20.4. The zero-order valence-electron chi connectivity index (χ0n) is 19.5. The number of aliphatic hydroxyl groups excluding tert-OH is 1. The summed E-state index contributed by atoms with van der Waals surface area (Å²) in [6.07, 6.45) is -1.33. The van der Waals surface area contributed by atoms with Crippen molar-refractivity contribution in [1.82, 2.24) is 15.2 Å². The Morgan fingerprint density at radius 3 is 2.76 bits per heavy atom. The fourth-order valence-electron chi connectivity index (χ4n) is 5.48. The van der Waals surface area contributed by atoms with Gasteiger partial charge < -0.3 is 36.2 Å². The largest absolute Gasteiger partial charge is 0.465 e. The van der Waals surface area contributed by atoms with Crippen molar-refractivity contribution in [3.63, 3.8) is 0 Å². The number of benzene rings is 1. The summed E-state index contributed by atoms with van der Waals surface area (Å²) in [6, 6.07) is 4.42. The van der Waals surface area contributed by atoms with E-state index in [1.807, 2.05) is 4.90 Å². The Bertz CT molecular complexity index is 1450. The number of non-ortho nitro benzene ring substituents is 1. The molecule has 37 heavy (non-hydrogen) atoms. The van der Waals surface area contributed by atoms with E-state index >= 15 is 0 Å². The Labute approximate surface area is 212 Å². The summed E-state index contributed by atoms with van der Waals surface area (Å²) < 4.78 is 6.46. The second kappa shape index (κ2) is 8.58. The second-order valence-electron chi connectivity index (χ2n) is 8.86. The van der Waals surface area contributed by atoms with E-state index in [4.69, 9.17) is 14.6 Å². The number of carbonyl (C=O) groups is 3. The van der Waals surface area contributed by atoms with Crippen molar-refractivity contribution >= 4 is 50.0 Å². The lowest BCUT2D eigenvalue weighted by Gasteiger charge is -2.39. The third-order valence-corrected chi connectivity index (χ3v) is 7.97. The van der Waals surface area contributed by atoms with E-state index in [9.17, 15) is 24.8 Å². The van der Waals surface area contributed by atoms with Gasteiger partial charge in [-0.15, -0.1) is 0 Å². The van der Waals surface area contributed by atoms with Crippen LogP contribution in [-0.2, 0) is 14.3 Å². The van der Waals surface area contributed by atoms with Gasteiger partial charge in [0, 0.05) is 43.0 Å². The normalized spacial score (nSPS) is 27.5. The van der Waals surface area contributed by atoms with E-state index in [0.717, 1.165) is 11.3 Å². The maximum atomic E-state index is 13.6. The van der Waals surface area contributed by atoms with Crippen molar-refractivity contribution in [2.24, 2.45) is 11.7 Å². The second-order valence-corrected chi connectivity index (χ2v) is 9.90. The van der Waals surface area contributed by atoms with Crippen LogP contribution in [-0.4, -0.2) is 80.8 Å². The summed E-state index contributed by atoms with van der Waals surface area (Å²) >= 11 is 1.15. The molecule has 1 aliphatic carbocycles. The van der Waals surface area contributed by atoms with E-state index < -0.39 is 22.7 Å². The van der Waals surface area contributed by atoms with Crippen LogP contribution in [0.4, 0.5) is 15.6 Å². The van der Waals surface area contributed by atoms with Crippen molar-refractivity contribution in [2.45, 2.75) is 24.7 Å². The van der Waals surface area contributed by atoms with Crippen LogP contribution in [0, 0.1) is 16.0 Å². The third kappa shape index (κ3) is 3.58. The topological polar surface area (TPSA) is 220 Å². The molecule has 1 aromatic carbocycles. The molecule has 1 amide bonds. The monoisotopic (exact) mass is 530 g/mol. The highest BCUT2D eigenvalue weighted by Crippen LogP contribution is 2.55. The van der Waals surface area contributed by atoms with Gasteiger partial charge in [0.1, 0.15) is 0 Å². The van der Waals surface area contributed by atoms with Gasteiger partial charge in [-0.3, -0.25) is 19.7 Å². The first kappa shape index (κ1) is 24.8. The molecule has 0 bridgehead atoms. The first-order valence-corrected chi connectivity index (χ1v) is 11.9. The van der Waals surface area contributed by atoms with Crippen LogP contribution in [0.25, 0.3) is 10.2 Å². The van der Waals surface area contributed by atoms with Gasteiger partial charge in [-0.1, -0.05) is 11.3 Å². The molecule has 6 N–H and O–H groups in total. The van der Waals surface area contributed by atoms with Gasteiger partial charge in [0.2, 0.25) is 11.6 Å². The number of ketones is 2. The Morgan fingerprint density at radius 1 is 1.43 bits per heavy atom. The SMILES string of the molecule is COC12C(CO)C3=C(C(=O)C(C)=C(Nc4nc5ccc([N+](=O)[O-])cc5s4)C3=O)N1CC1NC12.NC(=O)O. The number of nitrogens with two attached hydrogens (primary N) is 1. The Balaban J connectivity index is 0.000000655. The maximum Gasteiger partial charge on any atom is 0.402 e. The van der Waals surface area contributed by atoms with Crippen molar-refractivity contribution < 1.29 is 34.3 Å². The lowest BCUT2D eigenvalue weighted by Crippen LogP contribution is -2.54. The number of hydrogen-bond acceptors (Lipinski definition) is 12. The quantitative estimate of drug-likeness (QED) is 0.155. The van der Waals surface area contributed by atoms with Crippen molar-refractivity contribution in [2.75, 3.05) is 25.6 Å². The molecule has 194 valence electrons. The molecule has 1 aromatic heterocycles. The highest BCUT2D eigenvalue weighted by Gasteiger charge is 2.72. The predicted octanol–water partition coefficient (Wildman–Crippen LogP) is 0.540. The number of amides is 1. The number of thiazole rings is 1. The standard InChI is InChI=1S/C21H19N5O6S.CH3NO2/c1-8-15(24-20-23-11-4-3-9(26(30)31)5-13(11)33-20)18(29)14-10(7-27)21(32-2)19-12(22-19)6-25(21)16(14)17(8)28;2-1(3)4/h3-5,10,12,19,22,27H,6-7H2,1-2H3,(H,23,24);2H2,(H,3,4).